The molecule has 0 N–H and O–H groups in total. The quantitative estimate of drug-likeness (QED) is 0.131. The van der Waals surface area contributed by atoms with Gasteiger partial charge in [-0.1, -0.05) is 96.8 Å². The van der Waals surface area contributed by atoms with Crippen molar-refractivity contribution in [3.05, 3.63) is 139 Å². The second-order valence-corrected chi connectivity index (χ2v) is 17.8. The topological polar surface area (TPSA) is 69.9 Å². The van der Waals surface area contributed by atoms with Crippen molar-refractivity contribution in [1.29, 1.82) is 0 Å². The molecule has 4 heterocycles. The number of aryl methyl sites for hydroxylation is 1. The van der Waals surface area contributed by atoms with Crippen LogP contribution in [0.2, 0.25) is 19.6 Å². The van der Waals surface area contributed by atoms with Gasteiger partial charge in [0.1, 0.15) is 5.58 Å². The number of aromatic nitrogens is 4. The molecule has 0 unspecified atom stereocenters. The fourth-order valence-corrected chi connectivity index (χ4v) is 7.10. The molecule has 9 aromatic rings. The van der Waals surface area contributed by atoms with E-state index in [1.165, 1.54) is 5.19 Å². The van der Waals surface area contributed by atoms with Crippen molar-refractivity contribution in [3.8, 4) is 28.3 Å². The van der Waals surface area contributed by atoms with Crippen LogP contribution in [0.25, 0.3) is 72.4 Å². The van der Waals surface area contributed by atoms with Crippen LogP contribution in [-0.4, -0.2) is 27.6 Å². The third-order valence-corrected chi connectivity index (χ3v) is 10.5. The maximum Gasteiger partial charge on any atom is 0.180 e. The number of furan rings is 1. The van der Waals surface area contributed by atoms with Crippen LogP contribution >= 0.6 is 0 Å². The van der Waals surface area contributed by atoms with Crippen molar-refractivity contribution >= 4 is 57.3 Å². The van der Waals surface area contributed by atoms with Gasteiger partial charge in [0.2, 0.25) is 0 Å². The second-order valence-electron chi connectivity index (χ2n) is 12.8. The van der Waals surface area contributed by atoms with Crippen LogP contribution in [-0.2, 0) is 20.1 Å². The minimum Gasteiger partial charge on any atom is -0.501 e. The fourth-order valence-electron chi connectivity index (χ4n) is 6.07. The van der Waals surface area contributed by atoms with Crippen LogP contribution < -0.4 is 5.19 Å². The molecule has 0 aliphatic rings. The van der Waals surface area contributed by atoms with E-state index in [1.807, 2.05) is 85.9 Å². The molecule has 0 bridgehead atoms. The van der Waals surface area contributed by atoms with E-state index in [4.69, 9.17) is 13.8 Å². The van der Waals surface area contributed by atoms with E-state index in [2.05, 4.69) is 88.8 Å². The van der Waals surface area contributed by atoms with Crippen LogP contribution in [0.4, 0.5) is 0 Å². The zero-order valence-electron chi connectivity index (χ0n) is 27.5. The van der Waals surface area contributed by atoms with Crippen molar-refractivity contribution < 1.29 is 28.9 Å². The third-order valence-electron chi connectivity index (χ3n) is 8.48. The standard InChI is InChI=1S/C25H15N2O.C16H17N2OSi.Ir/c1-2-9-17(10-3-1)27-22-15-6-5-14-21(22)26-25(27)20-13-8-12-19-18-11-4-7-16-23(18)28-24(19)20;1-11-18-15-7-5-6-13(16(15)19-11)14-9-8-12(10-17-14)20(2,3)4;/h1-12,14-16H;5,7-10H,1-4H3;/q2*-1;. The Morgan fingerprint density at radius 2 is 1.39 bits per heavy atom. The van der Waals surface area contributed by atoms with Crippen molar-refractivity contribution in [2.24, 2.45) is 0 Å². The molecule has 0 fully saturated rings. The molecule has 0 amide bonds. The van der Waals surface area contributed by atoms with Gasteiger partial charge in [0, 0.05) is 49.8 Å². The van der Waals surface area contributed by atoms with E-state index in [0.717, 1.165) is 72.4 Å². The van der Waals surface area contributed by atoms with Gasteiger partial charge in [-0.15, -0.1) is 36.4 Å². The first-order chi connectivity index (χ1) is 23.3. The zero-order valence-corrected chi connectivity index (χ0v) is 30.9. The molecule has 4 aromatic heterocycles. The maximum atomic E-state index is 6.24. The number of hydrogen-bond donors (Lipinski definition) is 0. The third kappa shape index (κ3) is 6.04. The van der Waals surface area contributed by atoms with Crippen LogP contribution in [0.3, 0.4) is 0 Å². The van der Waals surface area contributed by atoms with Gasteiger partial charge in [0.25, 0.3) is 0 Å². The molecule has 243 valence electrons. The predicted octanol–water partition coefficient (Wildman–Crippen LogP) is 9.93. The summed E-state index contributed by atoms with van der Waals surface area (Å²) < 4.78 is 14.1. The molecule has 9 rings (SSSR count). The van der Waals surface area contributed by atoms with Gasteiger partial charge in [0.05, 0.1) is 36.1 Å². The Bertz CT molecular complexity index is 2560. The van der Waals surface area contributed by atoms with E-state index in [1.54, 1.807) is 0 Å². The number of rotatable bonds is 4. The van der Waals surface area contributed by atoms with Crippen LogP contribution in [0.1, 0.15) is 5.89 Å². The number of hydrogen-bond acceptors (Lipinski definition) is 5. The summed E-state index contributed by atoms with van der Waals surface area (Å²) in [4.78, 5) is 13.9. The first kappa shape index (κ1) is 32.4. The zero-order chi connectivity index (χ0) is 32.8. The summed E-state index contributed by atoms with van der Waals surface area (Å²) in [7, 11) is -1.32. The van der Waals surface area contributed by atoms with Gasteiger partial charge in [-0.3, -0.25) is 4.98 Å². The Balaban J connectivity index is 0.000000160. The summed E-state index contributed by atoms with van der Waals surface area (Å²) in [6.45, 7) is 8.80. The van der Waals surface area contributed by atoms with Crippen molar-refractivity contribution in [2.45, 2.75) is 26.6 Å². The van der Waals surface area contributed by atoms with Gasteiger partial charge in [-0.2, -0.15) is 0 Å². The normalized spacial score (nSPS) is 11.5. The van der Waals surface area contributed by atoms with Crippen LogP contribution in [0.5, 0.6) is 0 Å². The molecular formula is C41H32IrN4O2Si-2. The summed E-state index contributed by atoms with van der Waals surface area (Å²) in [5.74, 6) is 1.50. The predicted molar refractivity (Wildman–Crippen MR) is 196 cm³/mol. The van der Waals surface area contributed by atoms with Crippen LogP contribution in [0, 0.1) is 19.1 Å². The number of oxazole rings is 1. The average molecular weight is 833 g/mol. The SMILES string of the molecule is Cc1nc2cc[c-]c(-c3ccc([Si](C)(C)C)cn3)c2o1.[Ir].[c-]1ccc2c(oc3ccccc32)c1-c1nc2ccccc2n1-c1ccccc1. The maximum absolute atomic E-state index is 6.24. The van der Waals surface area contributed by atoms with Gasteiger partial charge in [0.15, 0.2) is 5.89 Å². The van der Waals surface area contributed by atoms with E-state index in [0.29, 0.717) is 5.89 Å². The van der Waals surface area contributed by atoms with Crippen molar-refractivity contribution in [2.75, 3.05) is 0 Å². The molecule has 1 radical (unpaired) electrons. The molecule has 6 nitrogen and oxygen atoms in total. The molecular weight excluding hydrogens is 801 g/mol. The molecule has 0 saturated carbocycles. The molecule has 8 heteroatoms. The number of nitrogens with zero attached hydrogens (tertiary/aromatic N) is 4. The van der Waals surface area contributed by atoms with E-state index in [9.17, 15) is 0 Å². The van der Waals surface area contributed by atoms with Gasteiger partial charge >= 0.3 is 0 Å². The minimum atomic E-state index is -1.32. The summed E-state index contributed by atoms with van der Waals surface area (Å²) in [6, 6.07) is 45.2. The molecule has 0 aliphatic carbocycles. The van der Waals surface area contributed by atoms with E-state index < -0.39 is 8.07 Å². The monoisotopic (exact) mass is 833 g/mol. The average Bonchev–Trinajstić information content (AvgIpc) is 3.81. The molecule has 0 saturated heterocycles. The Morgan fingerprint density at radius 3 is 2.18 bits per heavy atom. The van der Waals surface area contributed by atoms with Gasteiger partial charge < -0.3 is 18.4 Å². The smallest absolute Gasteiger partial charge is 0.180 e. The van der Waals surface area contributed by atoms with Crippen molar-refractivity contribution in [3.63, 3.8) is 0 Å². The molecule has 0 aliphatic heterocycles. The Kier molecular flexibility index (Phi) is 8.63. The summed E-state index contributed by atoms with van der Waals surface area (Å²) >= 11 is 0. The molecule has 5 aromatic carbocycles. The van der Waals surface area contributed by atoms with Gasteiger partial charge in [-0.25, -0.2) is 4.98 Å². The molecule has 49 heavy (non-hydrogen) atoms. The Labute approximate surface area is 298 Å². The molecule has 0 atom stereocenters. The number of pyridine rings is 1. The second kappa shape index (κ2) is 13.0. The Hall–Kier alpha value is -5.14. The largest absolute Gasteiger partial charge is 0.501 e. The first-order valence-corrected chi connectivity index (χ1v) is 19.4. The summed E-state index contributed by atoms with van der Waals surface area (Å²) in [6.07, 6.45) is 1.98. The van der Waals surface area contributed by atoms with Crippen molar-refractivity contribution in [1.82, 2.24) is 19.5 Å². The first-order valence-electron chi connectivity index (χ1n) is 15.9. The summed E-state index contributed by atoms with van der Waals surface area (Å²) in [5.41, 5.74) is 9.01. The number of para-hydroxylation sites is 4. The minimum absolute atomic E-state index is 0. The fraction of sp³-hybridized carbons (Fsp3) is 0.0976. The van der Waals surface area contributed by atoms with Gasteiger partial charge in [-0.05, 0) is 41.2 Å². The number of fused-ring (bicyclic) bond motifs is 5. The Morgan fingerprint density at radius 1 is 0.653 bits per heavy atom. The van der Waals surface area contributed by atoms with E-state index >= 15 is 0 Å². The number of benzene rings is 5. The van der Waals surface area contributed by atoms with E-state index in [-0.39, 0.29) is 20.1 Å². The molecule has 0 spiro atoms. The number of imidazole rings is 1. The summed E-state index contributed by atoms with van der Waals surface area (Å²) in [5, 5.41) is 3.54. The van der Waals surface area contributed by atoms with Crippen LogP contribution in [0.15, 0.2) is 130 Å².